The molecule has 0 aromatic heterocycles. The summed E-state index contributed by atoms with van der Waals surface area (Å²) in [5, 5.41) is 7.49. The number of benzene rings is 1. The maximum Gasteiger partial charge on any atom is 0.381 e. The predicted molar refractivity (Wildman–Crippen MR) is 42.9 cm³/mol. The molecule has 2 heteroatoms. The lowest BCUT2D eigenvalue weighted by atomic mass is 10.4. The SMILES string of the molecule is C#CC(=O)O.c1ccccc1. The standard InChI is InChI=1S/C6H6.C3H2O2/c1-2-4-6-5-3-1;1-2-3(4)5/h1-6H;1H,(H,4,5). The highest BCUT2D eigenvalue weighted by atomic mass is 16.4. The molecule has 56 valence electrons. The summed E-state index contributed by atoms with van der Waals surface area (Å²) in [4.78, 5) is 9.13. The van der Waals surface area contributed by atoms with Gasteiger partial charge in [0.15, 0.2) is 0 Å². The number of aliphatic carboxylic acids is 1. The molecule has 0 heterocycles. The van der Waals surface area contributed by atoms with E-state index in [-0.39, 0.29) is 0 Å². The van der Waals surface area contributed by atoms with Gasteiger partial charge in [-0.2, -0.15) is 0 Å². The topological polar surface area (TPSA) is 37.3 Å². The molecule has 0 aliphatic rings. The van der Waals surface area contributed by atoms with Gasteiger partial charge in [-0.25, -0.2) is 4.79 Å². The Bertz CT molecular complexity index is 207. The van der Waals surface area contributed by atoms with Crippen LogP contribution in [0.1, 0.15) is 0 Å². The van der Waals surface area contributed by atoms with E-state index in [4.69, 9.17) is 9.90 Å². The zero-order valence-electron chi connectivity index (χ0n) is 5.90. The first-order valence-electron chi connectivity index (χ1n) is 2.97. The minimum atomic E-state index is -1.22. The first-order valence-corrected chi connectivity index (χ1v) is 2.97. The molecule has 1 aromatic carbocycles. The Labute approximate surface area is 65.5 Å². The van der Waals surface area contributed by atoms with Crippen LogP contribution in [0.4, 0.5) is 0 Å². The van der Waals surface area contributed by atoms with Crippen LogP contribution in [-0.4, -0.2) is 11.1 Å². The van der Waals surface area contributed by atoms with Gasteiger partial charge in [0, 0.05) is 5.92 Å². The molecule has 0 spiro atoms. The third kappa shape index (κ3) is 8.25. The van der Waals surface area contributed by atoms with E-state index < -0.39 is 5.97 Å². The van der Waals surface area contributed by atoms with Crippen LogP contribution in [0.25, 0.3) is 0 Å². The van der Waals surface area contributed by atoms with Gasteiger partial charge in [-0.05, 0) is 0 Å². The number of carbonyl (C=O) groups is 1. The summed E-state index contributed by atoms with van der Waals surface area (Å²) in [6.07, 6.45) is 4.32. The Balaban J connectivity index is 0.000000187. The number of carboxylic acids is 1. The van der Waals surface area contributed by atoms with E-state index in [9.17, 15) is 0 Å². The van der Waals surface area contributed by atoms with E-state index in [0.717, 1.165) is 0 Å². The molecular weight excluding hydrogens is 140 g/mol. The lowest BCUT2D eigenvalue weighted by Crippen LogP contribution is -1.83. The van der Waals surface area contributed by atoms with Gasteiger partial charge in [-0.3, -0.25) is 0 Å². The van der Waals surface area contributed by atoms with Crippen molar-refractivity contribution in [3.05, 3.63) is 36.4 Å². The Hall–Kier alpha value is -1.75. The van der Waals surface area contributed by atoms with Crippen molar-refractivity contribution < 1.29 is 9.90 Å². The van der Waals surface area contributed by atoms with E-state index in [2.05, 4.69) is 6.42 Å². The minimum absolute atomic E-state index is 1.22. The Morgan fingerprint density at radius 1 is 1.09 bits per heavy atom. The van der Waals surface area contributed by atoms with Crippen LogP contribution in [-0.2, 0) is 4.79 Å². The maximum atomic E-state index is 9.13. The van der Waals surface area contributed by atoms with Crippen LogP contribution in [0.15, 0.2) is 36.4 Å². The molecule has 0 saturated carbocycles. The summed E-state index contributed by atoms with van der Waals surface area (Å²) >= 11 is 0. The van der Waals surface area contributed by atoms with Gasteiger partial charge >= 0.3 is 5.97 Å². The summed E-state index contributed by atoms with van der Waals surface area (Å²) in [5.74, 6) is 0.227. The fraction of sp³-hybridized carbons (Fsp3) is 0. The van der Waals surface area contributed by atoms with Crippen LogP contribution in [0.2, 0.25) is 0 Å². The number of hydrogen-bond acceptors (Lipinski definition) is 1. The lowest BCUT2D eigenvalue weighted by molar-refractivity contribution is -0.130. The van der Waals surface area contributed by atoms with Crippen molar-refractivity contribution >= 4 is 5.97 Å². The molecule has 0 bridgehead atoms. The van der Waals surface area contributed by atoms with E-state index >= 15 is 0 Å². The van der Waals surface area contributed by atoms with Gasteiger partial charge in [0.2, 0.25) is 0 Å². The summed E-state index contributed by atoms with van der Waals surface area (Å²) in [7, 11) is 0. The molecule has 0 saturated heterocycles. The molecule has 0 radical (unpaired) electrons. The third-order valence-electron chi connectivity index (χ3n) is 0.790. The molecule has 0 fully saturated rings. The van der Waals surface area contributed by atoms with Crippen molar-refractivity contribution in [3.63, 3.8) is 0 Å². The van der Waals surface area contributed by atoms with Gasteiger partial charge in [-0.15, -0.1) is 6.42 Å². The zero-order chi connectivity index (χ0) is 8.53. The fourth-order valence-electron chi connectivity index (χ4n) is 0.385. The smallest absolute Gasteiger partial charge is 0.381 e. The average molecular weight is 148 g/mol. The minimum Gasteiger partial charge on any atom is -0.472 e. The Morgan fingerprint density at radius 3 is 1.36 bits per heavy atom. The second-order valence-electron chi connectivity index (χ2n) is 1.60. The van der Waals surface area contributed by atoms with Gasteiger partial charge in [0.25, 0.3) is 0 Å². The van der Waals surface area contributed by atoms with E-state index in [1.54, 1.807) is 0 Å². The molecule has 0 aliphatic carbocycles. The first kappa shape index (κ1) is 9.25. The number of carboxylic acid groups (broad SMARTS) is 1. The Morgan fingerprint density at radius 2 is 1.27 bits per heavy atom. The zero-order valence-corrected chi connectivity index (χ0v) is 5.90. The highest BCUT2D eigenvalue weighted by Gasteiger charge is 1.74. The van der Waals surface area contributed by atoms with E-state index in [1.165, 1.54) is 5.92 Å². The van der Waals surface area contributed by atoms with Crippen LogP contribution < -0.4 is 0 Å². The van der Waals surface area contributed by atoms with Crippen molar-refractivity contribution in [1.29, 1.82) is 0 Å². The van der Waals surface area contributed by atoms with Crippen LogP contribution in [0, 0.1) is 12.3 Å². The van der Waals surface area contributed by atoms with Crippen molar-refractivity contribution in [2.75, 3.05) is 0 Å². The normalized spacial score (nSPS) is 6.82. The maximum absolute atomic E-state index is 9.13. The number of hydrogen-bond donors (Lipinski definition) is 1. The number of rotatable bonds is 0. The van der Waals surface area contributed by atoms with E-state index in [1.807, 2.05) is 36.4 Å². The van der Waals surface area contributed by atoms with Crippen LogP contribution >= 0.6 is 0 Å². The predicted octanol–water partition coefficient (Wildman–Crippen LogP) is 1.39. The second-order valence-corrected chi connectivity index (χ2v) is 1.60. The largest absolute Gasteiger partial charge is 0.472 e. The van der Waals surface area contributed by atoms with Crippen molar-refractivity contribution in [1.82, 2.24) is 0 Å². The van der Waals surface area contributed by atoms with Crippen LogP contribution in [0.3, 0.4) is 0 Å². The molecule has 11 heavy (non-hydrogen) atoms. The molecule has 0 amide bonds. The van der Waals surface area contributed by atoms with Crippen molar-refractivity contribution in [2.24, 2.45) is 0 Å². The molecular formula is C9H8O2. The Kier molecular flexibility index (Phi) is 5.36. The average Bonchev–Trinajstić information content (AvgIpc) is 2.09. The molecule has 0 aliphatic heterocycles. The van der Waals surface area contributed by atoms with Crippen LogP contribution in [0.5, 0.6) is 0 Å². The molecule has 1 rings (SSSR count). The summed E-state index contributed by atoms with van der Waals surface area (Å²) in [6, 6.07) is 12.0. The summed E-state index contributed by atoms with van der Waals surface area (Å²) in [6.45, 7) is 0. The lowest BCUT2D eigenvalue weighted by Gasteiger charge is -1.69. The summed E-state index contributed by atoms with van der Waals surface area (Å²) in [5.41, 5.74) is 0. The van der Waals surface area contributed by atoms with Gasteiger partial charge in [0.05, 0.1) is 0 Å². The monoisotopic (exact) mass is 148 g/mol. The van der Waals surface area contributed by atoms with E-state index in [0.29, 0.717) is 0 Å². The quantitative estimate of drug-likeness (QED) is 0.564. The van der Waals surface area contributed by atoms with Gasteiger partial charge < -0.3 is 5.11 Å². The highest BCUT2D eigenvalue weighted by molar-refractivity contribution is 5.85. The highest BCUT2D eigenvalue weighted by Crippen LogP contribution is 1.79. The number of terminal acetylenes is 1. The summed E-state index contributed by atoms with van der Waals surface area (Å²) < 4.78 is 0. The molecule has 1 N–H and O–H groups in total. The second kappa shape index (κ2) is 6.37. The fourth-order valence-corrected chi connectivity index (χ4v) is 0.385. The molecule has 2 nitrogen and oxygen atoms in total. The van der Waals surface area contributed by atoms with Gasteiger partial charge in [0.1, 0.15) is 0 Å². The molecule has 0 unspecified atom stereocenters. The first-order chi connectivity index (χ1) is 5.27. The van der Waals surface area contributed by atoms with Gasteiger partial charge in [-0.1, -0.05) is 36.4 Å². The molecule has 1 aromatic rings. The van der Waals surface area contributed by atoms with Crippen molar-refractivity contribution in [3.8, 4) is 12.3 Å². The molecule has 0 atom stereocenters. The van der Waals surface area contributed by atoms with Crippen molar-refractivity contribution in [2.45, 2.75) is 0 Å². The third-order valence-corrected chi connectivity index (χ3v) is 0.790.